The highest BCUT2D eigenvalue weighted by atomic mass is 32.1. The lowest BCUT2D eigenvalue weighted by atomic mass is 9.86. The number of hydrogen-bond acceptors (Lipinski definition) is 2. The van der Waals surface area contributed by atoms with Gasteiger partial charge in [-0.2, -0.15) is 0 Å². The second kappa shape index (κ2) is 6.50. The number of H-pyrrole nitrogens is 1. The molecule has 2 nitrogen and oxygen atoms in total. The molecule has 23 heavy (non-hydrogen) atoms. The Morgan fingerprint density at radius 1 is 1.13 bits per heavy atom. The molecule has 122 valence electrons. The van der Waals surface area contributed by atoms with Gasteiger partial charge in [0.05, 0.1) is 10.6 Å². The third-order valence-corrected chi connectivity index (χ3v) is 5.31. The molecule has 0 aliphatic rings. The number of hydrogen-bond donors (Lipinski definition) is 2. The van der Waals surface area contributed by atoms with Crippen LogP contribution in [-0.2, 0) is 11.8 Å². The summed E-state index contributed by atoms with van der Waals surface area (Å²) in [4.78, 5) is 4.97. The van der Waals surface area contributed by atoms with E-state index < -0.39 is 0 Å². The van der Waals surface area contributed by atoms with Crippen LogP contribution in [0.3, 0.4) is 0 Å². The third kappa shape index (κ3) is 3.36. The van der Waals surface area contributed by atoms with Gasteiger partial charge in [0.15, 0.2) is 0 Å². The highest BCUT2D eigenvalue weighted by molar-refractivity contribution is 7.13. The first-order chi connectivity index (χ1) is 11.0. The average molecular weight is 327 g/mol. The highest BCUT2D eigenvalue weighted by Crippen LogP contribution is 2.36. The van der Waals surface area contributed by atoms with Gasteiger partial charge in [0.25, 0.3) is 0 Å². The van der Waals surface area contributed by atoms with E-state index in [1.165, 1.54) is 32.6 Å². The van der Waals surface area contributed by atoms with Crippen LogP contribution < -0.4 is 5.73 Å². The topological polar surface area (TPSA) is 41.8 Å². The molecule has 2 aromatic heterocycles. The maximum absolute atomic E-state index is 5.69. The van der Waals surface area contributed by atoms with Crippen molar-refractivity contribution in [2.45, 2.75) is 45.4 Å². The summed E-state index contributed by atoms with van der Waals surface area (Å²) in [7, 11) is 0. The van der Waals surface area contributed by atoms with Crippen molar-refractivity contribution in [1.82, 2.24) is 4.98 Å². The van der Waals surface area contributed by atoms with E-state index in [0.29, 0.717) is 0 Å². The summed E-state index contributed by atoms with van der Waals surface area (Å²) in [6, 6.07) is 11.2. The number of thiophene rings is 1. The maximum Gasteiger partial charge on any atom is 0.0598 e. The van der Waals surface area contributed by atoms with Crippen LogP contribution >= 0.6 is 11.3 Å². The monoisotopic (exact) mass is 326 g/mol. The predicted molar refractivity (Wildman–Crippen MR) is 102 cm³/mol. The van der Waals surface area contributed by atoms with Gasteiger partial charge < -0.3 is 10.7 Å². The highest BCUT2D eigenvalue weighted by Gasteiger charge is 2.18. The summed E-state index contributed by atoms with van der Waals surface area (Å²) in [5.41, 5.74) is 11.2. The first-order valence-corrected chi connectivity index (χ1v) is 9.27. The summed E-state index contributed by atoms with van der Waals surface area (Å²) in [5, 5.41) is 3.52. The molecule has 0 saturated carbocycles. The first-order valence-electron chi connectivity index (χ1n) is 8.40. The molecule has 0 fully saturated rings. The molecule has 0 aliphatic heterocycles. The molecule has 3 heteroatoms. The molecule has 0 atom stereocenters. The molecule has 0 amide bonds. The molecule has 0 saturated heterocycles. The second-order valence-corrected chi connectivity index (χ2v) is 8.16. The minimum atomic E-state index is 0.170. The van der Waals surface area contributed by atoms with Crippen LogP contribution in [0.5, 0.6) is 0 Å². The van der Waals surface area contributed by atoms with Crippen molar-refractivity contribution in [3.63, 3.8) is 0 Å². The van der Waals surface area contributed by atoms with Crippen molar-refractivity contribution in [3.8, 4) is 10.6 Å². The minimum absolute atomic E-state index is 0.170. The largest absolute Gasteiger partial charge is 0.354 e. The van der Waals surface area contributed by atoms with Gasteiger partial charge >= 0.3 is 0 Å². The number of fused-ring (bicyclic) bond motifs is 1. The summed E-state index contributed by atoms with van der Waals surface area (Å²) in [6.45, 7) is 7.59. The number of rotatable bonds is 5. The predicted octanol–water partition coefficient (Wildman–Crippen LogP) is 5.48. The Labute approximate surface area is 142 Å². The molecule has 2 heterocycles. The molecular weight excluding hydrogens is 300 g/mol. The summed E-state index contributed by atoms with van der Waals surface area (Å²) >= 11 is 1.80. The van der Waals surface area contributed by atoms with Gasteiger partial charge in [0.2, 0.25) is 0 Å². The van der Waals surface area contributed by atoms with E-state index in [9.17, 15) is 0 Å². The van der Waals surface area contributed by atoms with Gasteiger partial charge in [0.1, 0.15) is 0 Å². The molecule has 0 radical (unpaired) electrons. The van der Waals surface area contributed by atoms with Crippen molar-refractivity contribution >= 4 is 22.2 Å². The van der Waals surface area contributed by atoms with Crippen molar-refractivity contribution in [2.75, 3.05) is 6.54 Å². The lowest BCUT2D eigenvalue weighted by molar-refractivity contribution is 0.591. The third-order valence-electron chi connectivity index (χ3n) is 4.42. The molecule has 1 aromatic carbocycles. The fourth-order valence-corrected chi connectivity index (χ4v) is 3.80. The van der Waals surface area contributed by atoms with E-state index in [2.05, 4.69) is 61.5 Å². The van der Waals surface area contributed by atoms with Crippen molar-refractivity contribution in [2.24, 2.45) is 5.73 Å². The van der Waals surface area contributed by atoms with E-state index in [-0.39, 0.29) is 5.41 Å². The van der Waals surface area contributed by atoms with Gasteiger partial charge in [-0.15, -0.1) is 11.3 Å². The van der Waals surface area contributed by atoms with Crippen LogP contribution in [0.1, 0.15) is 44.7 Å². The van der Waals surface area contributed by atoms with Gasteiger partial charge in [-0.25, -0.2) is 0 Å². The lowest BCUT2D eigenvalue weighted by Gasteiger charge is -2.19. The van der Waals surface area contributed by atoms with Gasteiger partial charge in [-0.1, -0.05) is 32.9 Å². The Hall–Kier alpha value is -1.58. The Kier molecular flexibility index (Phi) is 4.60. The number of nitrogens with one attached hydrogen (secondary N) is 1. The van der Waals surface area contributed by atoms with Crippen LogP contribution in [0.2, 0.25) is 0 Å². The Morgan fingerprint density at radius 3 is 2.61 bits per heavy atom. The lowest BCUT2D eigenvalue weighted by Crippen LogP contribution is -2.10. The normalized spacial score (nSPS) is 12.2. The van der Waals surface area contributed by atoms with E-state index in [1.807, 2.05) is 0 Å². The van der Waals surface area contributed by atoms with E-state index in [1.54, 1.807) is 11.3 Å². The van der Waals surface area contributed by atoms with E-state index in [0.717, 1.165) is 25.8 Å². The fourth-order valence-electron chi connectivity index (χ4n) is 3.05. The van der Waals surface area contributed by atoms with Crippen LogP contribution in [0.15, 0.2) is 35.7 Å². The van der Waals surface area contributed by atoms with Crippen molar-refractivity contribution in [1.29, 1.82) is 0 Å². The zero-order valence-electron chi connectivity index (χ0n) is 14.3. The number of aromatic nitrogens is 1. The number of aromatic amines is 1. The van der Waals surface area contributed by atoms with Gasteiger partial charge in [-0.05, 0) is 65.9 Å². The maximum atomic E-state index is 5.69. The fraction of sp³-hybridized carbons (Fsp3) is 0.400. The van der Waals surface area contributed by atoms with Crippen LogP contribution in [0, 0.1) is 0 Å². The second-order valence-electron chi connectivity index (χ2n) is 7.21. The summed E-state index contributed by atoms with van der Waals surface area (Å²) in [6.07, 6.45) is 3.30. The smallest absolute Gasteiger partial charge is 0.0598 e. The average Bonchev–Trinajstić information content (AvgIpc) is 3.13. The molecule has 3 aromatic rings. The molecule has 3 rings (SSSR count). The molecule has 3 N–H and O–H groups in total. The number of benzene rings is 1. The SMILES string of the molecule is CC(C)(C)c1ccc2[nH]c(-c3cccs3)c(CCCCN)c2c1. The molecule has 0 unspecified atom stereocenters. The summed E-state index contributed by atoms with van der Waals surface area (Å²) in [5.74, 6) is 0. The van der Waals surface area contributed by atoms with E-state index >= 15 is 0 Å². The Morgan fingerprint density at radius 2 is 1.96 bits per heavy atom. The molecule has 0 spiro atoms. The standard InChI is InChI=1S/C20H26N2S/c1-20(2,3)14-9-10-17-16(13-14)15(7-4-5-11-21)19(22-17)18-8-6-12-23-18/h6,8-10,12-13,22H,4-5,7,11,21H2,1-3H3. The zero-order valence-corrected chi connectivity index (χ0v) is 15.1. The van der Waals surface area contributed by atoms with Crippen molar-refractivity contribution < 1.29 is 0 Å². The van der Waals surface area contributed by atoms with E-state index in [4.69, 9.17) is 5.73 Å². The Balaban J connectivity index is 2.12. The van der Waals surface area contributed by atoms with Crippen molar-refractivity contribution in [3.05, 3.63) is 46.8 Å². The minimum Gasteiger partial charge on any atom is -0.354 e. The number of unbranched alkanes of at least 4 members (excludes halogenated alkanes) is 1. The Bertz CT molecular complexity index is 776. The summed E-state index contributed by atoms with van der Waals surface area (Å²) < 4.78 is 0. The number of aryl methyl sites for hydroxylation is 1. The molecule has 0 bridgehead atoms. The first kappa shape index (κ1) is 16.3. The van der Waals surface area contributed by atoms with Crippen LogP contribution in [0.4, 0.5) is 0 Å². The molecule has 0 aliphatic carbocycles. The van der Waals surface area contributed by atoms with Crippen LogP contribution in [-0.4, -0.2) is 11.5 Å². The molecular formula is C20H26N2S. The van der Waals surface area contributed by atoms with Crippen LogP contribution in [0.25, 0.3) is 21.5 Å². The van der Waals surface area contributed by atoms with Gasteiger partial charge in [-0.3, -0.25) is 0 Å². The number of nitrogens with two attached hydrogens (primary N) is 1. The zero-order chi connectivity index (χ0) is 16.4. The van der Waals surface area contributed by atoms with Gasteiger partial charge in [0, 0.05) is 10.9 Å². The quantitative estimate of drug-likeness (QED) is 0.599.